The summed E-state index contributed by atoms with van der Waals surface area (Å²) in [4.78, 5) is 15.8. The van der Waals surface area contributed by atoms with Crippen molar-refractivity contribution in [3.8, 4) is 0 Å². The molecule has 7 heteroatoms. The van der Waals surface area contributed by atoms with E-state index in [2.05, 4.69) is 15.6 Å². The van der Waals surface area contributed by atoms with Gasteiger partial charge in [0.05, 0.1) is 5.69 Å². The molecule has 1 aromatic carbocycles. The summed E-state index contributed by atoms with van der Waals surface area (Å²) in [6, 6.07) is 5.00. The number of amides is 1. The fraction of sp³-hybridized carbons (Fsp3) is 0.200. The molecule has 0 unspecified atom stereocenters. The van der Waals surface area contributed by atoms with E-state index in [1.807, 2.05) is 0 Å². The van der Waals surface area contributed by atoms with E-state index in [0.29, 0.717) is 5.69 Å². The monoisotopic (exact) mass is 307 g/mol. The van der Waals surface area contributed by atoms with Crippen LogP contribution < -0.4 is 10.6 Å². The van der Waals surface area contributed by atoms with Crippen LogP contribution in [0.15, 0.2) is 30.5 Å². The van der Waals surface area contributed by atoms with Gasteiger partial charge in [0.15, 0.2) is 17.5 Å². The first kappa shape index (κ1) is 14.4. The molecule has 0 atom stereocenters. The summed E-state index contributed by atoms with van der Waals surface area (Å²) < 4.78 is 39.7. The number of hydrogen-bond acceptors (Lipinski definition) is 3. The number of nitrogens with zero attached hydrogens (tertiary/aromatic N) is 1. The molecule has 3 rings (SSSR count). The molecule has 22 heavy (non-hydrogen) atoms. The zero-order valence-electron chi connectivity index (χ0n) is 11.4. The van der Waals surface area contributed by atoms with Gasteiger partial charge in [0.2, 0.25) is 0 Å². The lowest BCUT2D eigenvalue weighted by Gasteiger charge is -2.09. The normalized spacial score (nSPS) is 13.8. The quantitative estimate of drug-likeness (QED) is 0.853. The van der Waals surface area contributed by atoms with Crippen molar-refractivity contribution in [1.29, 1.82) is 0 Å². The van der Waals surface area contributed by atoms with E-state index in [9.17, 15) is 18.0 Å². The first-order valence-electron chi connectivity index (χ1n) is 6.72. The van der Waals surface area contributed by atoms with Crippen molar-refractivity contribution in [2.45, 2.75) is 18.9 Å². The van der Waals surface area contributed by atoms with Crippen LogP contribution in [0.4, 0.5) is 24.5 Å². The molecule has 0 aliphatic heterocycles. The maximum atomic E-state index is 13.6. The Morgan fingerprint density at radius 3 is 2.64 bits per heavy atom. The predicted molar refractivity (Wildman–Crippen MR) is 74.3 cm³/mol. The molecule has 1 aromatic heterocycles. The SMILES string of the molecule is O=C(NC1CC1)c1cc(Nc2ccc(F)c(F)c2F)ccn1. The van der Waals surface area contributed by atoms with Crippen LogP contribution in [0.3, 0.4) is 0 Å². The van der Waals surface area contributed by atoms with Crippen LogP contribution in [0.2, 0.25) is 0 Å². The highest BCUT2D eigenvalue weighted by molar-refractivity contribution is 5.93. The minimum Gasteiger partial charge on any atom is -0.353 e. The van der Waals surface area contributed by atoms with Crippen molar-refractivity contribution in [2.24, 2.45) is 0 Å². The van der Waals surface area contributed by atoms with Gasteiger partial charge in [-0.3, -0.25) is 9.78 Å². The minimum absolute atomic E-state index is 0.167. The molecular weight excluding hydrogens is 295 g/mol. The number of aromatic nitrogens is 1. The van der Waals surface area contributed by atoms with E-state index in [0.717, 1.165) is 25.0 Å². The van der Waals surface area contributed by atoms with Gasteiger partial charge in [-0.2, -0.15) is 0 Å². The zero-order chi connectivity index (χ0) is 15.7. The molecule has 1 aliphatic rings. The second-order valence-corrected chi connectivity index (χ2v) is 5.03. The number of rotatable bonds is 4. The molecule has 4 nitrogen and oxygen atoms in total. The van der Waals surface area contributed by atoms with Gasteiger partial charge >= 0.3 is 0 Å². The van der Waals surface area contributed by atoms with Crippen LogP contribution in [-0.4, -0.2) is 16.9 Å². The van der Waals surface area contributed by atoms with Crippen molar-refractivity contribution in [2.75, 3.05) is 5.32 Å². The number of halogens is 3. The number of benzene rings is 1. The number of nitrogens with one attached hydrogen (secondary N) is 2. The summed E-state index contributed by atoms with van der Waals surface area (Å²) in [5, 5.41) is 5.38. The lowest BCUT2D eigenvalue weighted by atomic mass is 10.2. The Bertz CT molecular complexity index is 732. The van der Waals surface area contributed by atoms with Crippen LogP contribution in [0, 0.1) is 17.5 Å². The Balaban J connectivity index is 1.80. The van der Waals surface area contributed by atoms with Gasteiger partial charge in [0.25, 0.3) is 5.91 Å². The highest BCUT2D eigenvalue weighted by atomic mass is 19.2. The van der Waals surface area contributed by atoms with Crippen LogP contribution >= 0.6 is 0 Å². The summed E-state index contributed by atoms with van der Waals surface area (Å²) in [6.45, 7) is 0. The van der Waals surface area contributed by atoms with Gasteiger partial charge in [-0.05, 0) is 37.1 Å². The maximum absolute atomic E-state index is 13.6. The summed E-state index contributed by atoms with van der Waals surface area (Å²) in [5.74, 6) is -4.45. The van der Waals surface area contributed by atoms with Crippen LogP contribution in [0.1, 0.15) is 23.3 Å². The smallest absolute Gasteiger partial charge is 0.270 e. The zero-order valence-corrected chi connectivity index (χ0v) is 11.4. The van der Waals surface area contributed by atoms with E-state index < -0.39 is 17.5 Å². The number of pyridine rings is 1. The summed E-state index contributed by atoms with van der Waals surface area (Å²) >= 11 is 0. The van der Waals surface area contributed by atoms with E-state index in [1.165, 1.54) is 18.3 Å². The molecule has 2 N–H and O–H groups in total. The molecule has 2 aromatic rings. The highest BCUT2D eigenvalue weighted by Crippen LogP contribution is 2.24. The molecule has 1 saturated carbocycles. The largest absolute Gasteiger partial charge is 0.353 e. The third-order valence-corrected chi connectivity index (χ3v) is 3.22. The Kier molecular flexibility index (Phi) is 3.70. The maximum Gasteiger partial charge on any atom is 0.270 e. The van der Waals surface area contributed by atoms with Gasteiger partial charge in [0, 0.05) is 17.9 Å². The van der Waals surface area contributed by atoms with Gasteiger partial charge in [0.1, 0.15) is 5.69 Å². The fourth-order valence-electron chi connectivity index (χ4n) is 1.90. The van der Waals surface area contributed by atoms with E-state index in [4.69, 9.17) is 0 Å². The third-order valence-electron chi connectivity index (χ3n) is 3.22. The molecule has 0 saturated heterocycles. The van der Waals surface area contributed by atoms with Crippen LogP contribution in [0.25, 0.3) is 0 Å². The lowest BCUT2D eigenvalue weighted by Crippen LogP contribution is -2.26. The van der Waals surface area contributed by atoms with Gasteiger partial charge in [-0.1, -0.05) is 0 Å². The Labute approximate surface area is 124 Å². The molecule has 0 spiro atoms. The first-order valence-corrected chi connectivity index (χ1v) is 6.72. The van der Waals surface area contributed by atoms with Crippen LogP contribution in [0.5, 0.6) is 0 Å². The summed E-state index contributed by atoms with van der Waals surface area (Å²) in [5.41, 5.74) is 0.291. The summed E-state index contributed by atoms with van der Waals surface area (Å²) in [7, 11) is 0. The molecule has 1 aliphatic carbocycles. The van der Waals surface area contributed by atoms with Crippen molar-refractivity contribution in [3.63, 3.8) is 0 Å². The van der Waals surface area contributed by atoms with Gasteiger partial charge in [-0.15, -0.1) is 0 Å². The third kappa shape index (κ3) is 3.03. The molecule has 1 amide bonds. The number of carbonyl (C=O) groups excluding carboxylic acids is 1. The van der Waals surface area contributed by atoms with E-state index in [-0.39, 0.29) is 23.3 Å². The van der Waals surface area contributed by atoms with Gasteiger partial charge < -0.3 is 10.6 Å². The Morgan fingerprint density at radius 2 is 1.91 bits per heavy atom. The van der Waals surface area contributed by atoms with E-state index in [1.54, 1.807) is 0 Å². The standard InChI is InChI=1S/C15H12F3N3O/c16-10-3-4-11(14(18)13(10)17)20-9-5-6-19-12(7-9)15(22)21-8-1-2-8/h3-8H,1-2H2,(H,19,20)(H,21,22). The first-order chi connectivity index (χ1) is 10.5. The molecular formula is C15H12F3N3O. The lowest BCUT2D eigenvalue weighted by molar-refractivity contribution is 0.0946. The fourth-order valence-corrected chi connectivity index (χ4v) is 1.90. The van der Waals surface area contributed by atoms with Crippen LogP contribution in [-0.2, 0) is 0 Å². The molecule has 114 valence electrons. The second-order valence-electron chi connectivity index (χ2n) is 5.03. The topological polar surface area (TPSA) is 54.0 Å². The Morgan fingerprint density at radius 1 is 1.14 bits per heavy atom. The minimum atomic E-state index is -1.55. The number of hydrogen-bond donors (Lipinski definition) is 2. The van der Waals surface area contributed by atoms with Crippen molar-refractivity contribution in [3.05, 3.63) is 53.6 Å². The van der Waals surface area contributed by atoms with Crippen molar-refractivity contribution in [1.82, 2.24) is 10.3 Å². The predicted octanol–water partition coefficient (Wildman–Crippen LogP) is 3.13. The van der Waals surface area contributed by atoms with Crippen molar-refractivity contribution < 1.29 is 18.0 Å². The number of anilines is 2. The van der Waals surface area contributed by atoms with Crippen molar-refractivity contribution >= 4 is 17.3 Å². The molecule has 0 radical (unpaired) electrons. The average molecular weight is 307 g/mol. The molecule has 1 fully saturated rings. The summed E-state index contributed by atoms with van der Waals surface area (Å²) in [6.07, 6.45) is 3.27. The van der Waals surface area contributed by atoms with E-state index >= 15 is 0 Å². The number of carbonyl (C=O) groups is 1. The van der Waals surface area contributed by atoms with Gasteiger partial charge in [-0.25, -0.2) is 13.2 Å². The molecule has 1 heterocycles. The Hall–Kier alpha value is -2.57. The second kappa shape index (κ2) is 5.67. The molecule has 0 bridgehead atoms. The highest BCUT2D eigenvalue weighted by Gasteiger charge is 2.24. The average Bonchev–Trinajstić information content (AvgIpc) is 3.32.